The SMILES string of the molecule is CNCc1cccc2cnc(I)cc12. The lowest BCUT2D eigenvalue weighted by Crippen LogP contribution is -2.05. The third-order valence-electron chi connectivity index (χ3n) is 2.19. The van der Waals surface area contributed by atoms with Crippen LogP contribution in [0.3, 0.4) is 0 Å². The van der Waals surface area contributed by atoms with Crippen LogP contribution in [0.2, 0.25) is 0 Å². The van der Waals surface area contributed by atoms with Gasteiger partial charge in [-0.2, -0.15) is 0 Å². The fraction of sp³-hybridized carbons (Fsp3) is 0.182. The fourth-order valence-corrected chi connectivity index (χ4v) is 2.00. The standard InChI is InChI=1S/C11H11IN2/c1-13-6-8-3-2-4-9-7-14-11(12)5-10(8)9/h2-5,7,13H,6H2,1H3. The third-order valence-corrected chi connectivity index (χ3v) is 2.78. The molecular formula is C11H11IN2. The molecule has 0 amide bonds. The molecule has 2 aromatic rings. The highest BCUT2D eigenvalue weighted by Crippen LogP contribution is 2.19. The van der Waals surface area contributed by atoms with E-state index in [2.05, 4.69) is 57.2 Å². The van der Waals surface area contributed by atoms with Gasteiger partial charge < -0.3 is 5.32 Å². The molecule has 0 atom stereocenters. The Morgan fingerprint density at radius 2 is 2.29 bits per heavy atom. The molecule has 0 saturated heterocycles. The van der Waals surface area contributed by atoms with Crippen LogP contribution >= 0.6 is 22.6 Å². The molecule has 72 valence electrons. The van der Waals surface area contributed by atoms with Gasteiger partial charge in [0.05, 0.1) is 0 Å². The van der Waals surface area contributed by atoms with E-state index in [1.54, 1.807) is 0 Å². The van der Waals surface area contributed by atoms with E-state index in [0.29, 0.717) is 0 Å². The summed E-state index contributed by atoms with van der Waals surface area (Å²) in [7, 11) is 1.96. The molecule has 1 aromatic heterocycles. The molecule has 1 N–H and O–H groups in total. The molecular weight excluding hydrogens is 287 g/mol. The van der Waals surface area contributed by atoms with Gasteiger partial charge in [0.2, 0.25) is 0 Å². The van der Waals surface area contributed by atoms with Crippen molar-refractivity contribution in [3.8, 4) is 0 Å². The Hall–Kier alpha value is -0.680. The quantitative estimate of drug-likeness (QED) is 0.681. The van der Waals surface area contributed by atoms with Crippen molar-refractivity contribution >= 4 is 33.4 Å². The van der Waals surface area contributed by atoms with Gasteiger partial charge in [-0.25, -0.2) is 4.98 Å². The van der Waals surface area contributed by atoms with E-state index in [-0.39, 0.29) is 0 Å². The Morgan fingerprint density at radius 1 is 1.43 bits per heavy atom. The molecule has 0 bridgehead atoms. The number of nitrogens with zero attached hydrogens (tertiary/aromatic N) is 1. The van der Waals surface area contributed by atoms with Crippen molar-refractivity contribution in [3.63, 3.8) is 0 Å². The fourth-order valence-electron chi connectivity index (χ4n) is 1.55. The van der Waals surface area contributed by atoms with Crippen molar-refractivity contribution in [2.75, 3.05) is 7.05 Å². The molecule has 0 aliphatic carbocycles. The average molecular weight is 298 g/mol. The maximum Gasteiger partial charge on any atom is 0.102 e. The number of halogens is 1. The predicted molar refractivity (Wildman–Crippen MR) is 67.2 cm³/mol. The molecule has 3 heteroatoms. The number of nitrogens with one attached hydrogen (secondary N) is 1. The lowest BCUT2D eigenvalue weighted by atomic mass is 10.1. The van der Waals surface area contributed by atoms with Crippen LogP contribution in [-0.2, 0) is 6.54 Å². The zero-order valence-corrected chi connectivity index (χ0v) is 10.1. The van der Waals surface area contributed by atoms with Gasteiger partial charge in [0, 0.05) is 18.1 Å². The highest BCUT2D eigenvalue weighted by atomic mass is 127. The highest BCUT2D eigenvalue weighted by molar-refractivity contribution is 14.1. The van der Waals surface area contributed by atoms with Gasteiger partial charge in [0.25, 0.3) is 0 Å². The van der Waals surface area contributed by atoms with E-state index in [1.165, 1.54) is 16.3 Å². The first-order chi connectivity index (χ1) is 6.81. The Kier molecular flexibility index (Phi) is 2.98. The number of aromatic nitrogens is 1. The summed E-state index contributed by atoms with van der Waals surface area (Å²) in [5.74, 6) is 0. The van der Waals surface area contributed by atoms with Crippen LogP contribution in [0.1, 0.15) is 5.56 Å². The largest absolute Gasteiger partial charge is 0.316 e. The average Bonchev–Trinajstić information content (AvgIpc) is 2.19. The van der Waals surface area contributed by atoms with Gasteiger partial charge in [-0.15, -0.1) is 0 Å². The summed E-state index contributed by atoms with van der Waals surface area (Å²) < 4.78 is 1.04. The van der Waals surface area contributed by atoms with Crippen LogP contribution in [-0.4, -0.2) is 12.0 Å². The van der Waals surface area contributed by atoms with Gasteiger partial charge in [-0.05, 0) is 46.7 Å². The number of rotatable bonds is 2. The van der Waals surface area contributed by atoms with Crippen LogP contribution in [0.15, 0.2) is 30.5 Å². The predicted octanol–water partition coefficient (Wildman–Crippen LogP) is 2.56. The van der Waals surface area contributed by atoms with Crippen molar-refractivity contribution in [1.82, 2.24) is 10.3 Å². The molecule has 0 aliphatic rings. The van der Waals surface area contributed by atoms with Crippen molar-refractivity contribution < 1.29 is 0 Å². The number of pyridine rings is 1. The van der Waals surface area contributed by atoms with Crippen LogP contribution in [0.25, 0.3) is 10.8 Å². The van der Waals surface area contributed by atoms with E-state index >= 15 is 0 Å². The van der Waals surface area contributed by atoms with Crippen molar-refractivity contribution in [2.45, 2.75) is 6.54 Å². The van der Waals surface area contributed by atoms with Crippen molar-refractivity contribution in [2.24, 2.45) is 0 Å². The van der Waals surface area contributed by atoms with Crippen LogP contribution < -0.4 is 5.32 Å². The van der Waals surface area contributed by atoms with E-state index < -0.39 is 0 Å². The Morgan fingerprint density at radius 3 is 3.07 bits per heavy atom. The molecule has 2 nitrogen and oxygen atoms in total. The maximum atomic E-state index is 4.27. The second-order valence-electron chi connectivity index (χ2n) is 3.18. The minimum Gasteiger partial charge on any atom is -0.316 e. The summed E-state index contributed by atoms with van der Waals surface area (Å²) in [4.78, 5) is 4.27. The number of fused-ring (bicyclic) bond motifs is 1. The Balaban J connectivity index is 2.64. The maximum absolute atomic E-state index is 4.27. The summed E-state index contributed by atoms with van der Waals surface area (Å²) >= 11 is 2.24. The minimum absolute atomic E-state index is 0.900. The van der Waals surface area contributed by atoms with Gasteiger partial charge in [0.15, 0.2) is 0 Å². The molecule has 1 heterocycles. The summed E-state index contributed by atoms with van der Waals surface area (Å²) in [5.41, 5.74) is 1.32. The normalized spacial score (nSPS) is 10.7. The second-order valence-corrected chi connectivity index (χ2v) is 4.28. The van der Waals surface area contributed by atoms with E-state index in [4.69, 9.17) is 0 Å². The topological polar surface area (TPSA) is 24.9 Å². The molecule has 2 rings (SSSR count). The lowest BCUT2D eigenvalue weighted by Gasteiger charge is -2.05. The molecule has 14 heavy (non-hydrogen) atoms. The summed E-state index contributed by atoms with van der Waals surface area (Å²) in [6, 6.07) is 8.44. The zero-order valence-electron chi connectivity index (χ0n) is 7.92. The van der Waals surface area contributed by atoms with Gasteiger partial charge in [0.1, 0.15) is 3.70 Å². The first-order valence-electron chi connectivity index (χ1n) is 4.49. The molecule has 0 fully saturated rings. The van der Waals surface area contributed by atoms with Crippen LogP contribution in [0.4, 0.5) is 0 Å². The van der Waals surface area contributed by atoms with Gasteiger partial charge in [-0.1, -0.05) is 18.2 Å². The third kappa shape index (κ3) is 1.88. The summed E-state index contributed by atoms with van der Waals surface area (Å²) in [5, 5.41) is 5.67. The van der Waals surface area contributed by atoms with E-state index in [9.17, 15) is 0 Å². The van der Waals surface area contributed by atoms with E-state index in [0.717, 1.165) is 10.2 Å². The van der Waals surface area contributed by atoms with Crippen molar-refractivity contribution in [1.29, 1.82) is 0 Å². The van der Waals surface area contributed by atoms with Gasteiger partial charge >= 0.3 is 0 Å². The van der Waals surface area contributed by atoms with Gasteiger partial charge in [-0.3, -0.25) is 0 Å². The smallest absolute Gasteiger partial charge is 0.102 e. The first-order valence-corrected chi connectivity index (χ1v) is 5.57. The molecule has 1 aromatic carbocycles. The number of hydrogen-bond donors (Lipinski definition) is 1. The monoisotopic (exact) mass is 298 g/mol. The molecule has 0 aliphatic heterocycles. The molecule has 0 spiro atoms. The van der Waals surface area contributed by atoms with Crippen LogP contribution in [0, 0.1) is 3.70 Å². The zero-order chi connectivity index (χ0) is 9.97. The van der Waals surface area contributed by atoms with Crippen molar-refractivity contribution in [3.05, 3.63) is 39.7 Å². The number of benzene rings is 1. The summed E-state index contributed by atoms with van der Waals surface area (Å²) in [6.45, 7) is 0.900. The second kappa shape index (κ2) is 4.23. The Labute approximate surface area is 96.9 Å². The Bertz CT molecular complexity index is 454. The minimum atomic E-state index is 0.900. The number of hydrogen-bond acceptors (Lipinski definition) is 2. The highest BCUT2D eigenvalue weighted by Gasteiger charge is 2.00. The molecule has 0 unspecified atom stereocenters. The van der Waals surface area contributed by atoms with E-state index in [1.807, 2.05) is 13.2 Å². The summed E-state index contributed by atoms with van der Waals surface area (Å²) in [6.07, 6.45) is 1.93. The first kappa shape index (κ1) is 9.86. The van der Waals surface area contributed by atoms with Crippen LogP contribution in [0.5, 0.6) is 0 Å². The molecule has 0 radical (unpaired) electrons. The lowest BCUT2D eigenvalue weighted by molar-refractivity contribution is 0.823. The molecule has 0 saturated carbocycles.